The molecule has 1 aliphatic heterocycles. The van der Waals surface area contributed by atoms with Gasteiger partial charge >= 0.3 is 0 Å². The maximum absolute atomic E-state index is 13.4. The fourth-order valence-electron chi connectivity index (χ4n) is 4.30. The molecule has 150 valence electrons. The summed E-state index contributed by atoms with van der Waals surface area (Å²) in [5.74, 6) is 0.881. The van der Waals surface area contributed by atoms with E-state index in [0.717, 1.165) is 53.2 Å². The lowest BCUT2D eigenvalue weighted by molar-refractivity contribution is -0.120. The molecule has 3 aromatic carbocycles. The largest absolute Gasteiger partial charge is 0.489 e. The van der Waals surface area contributed by atoms with Crippen molar-refractivity contribution >= 4 is 23.0 Å². The van der Waals surface area contributed by atoms with Gasteiger partial charge in [0.15, 0.2) is 0 Å². The third-order valence-corrected chi connectivity index (χ3v) is 5.82. The van der Waals surface area contributed by atoms with Gasteiger partial charge in [0.05, 0.1) is 23.8 Å². The molecule has 0 bridgehead atoms. The van der Waals surface area contributed by atoms with Gasteiger partial charge in [0.2, 0.25) is 5.91 Å². The third kappa shape index (κ3) is 3.73. The Labute approximate surface area is 176 Å². The summed E-state index contributed by atoms with van der Waals surface area (Å²) in [4.78, 5) is 20.2. The molecule has 1 amide bonds. The zero-order valence-corrected chi connectivity index (χ0v) is 16.8. The molecule has 4 heteroatoms. The van der Waals surface area contributed by atoms with E-state index in [1.807, 2.05) is 71.6 Å². The Hall–Kier alpha value is -3.40. The summed E-state index contributed by atoms with van der Waals surface area (Å²) in [6.45, 7) is 1.03. The first-order valence-corrected chi connectivity index (χ1v) is 10.5. The highest BCUT2D eigenvalue weighted by atomic mass is 16.5. The van der Waals surface area contributed by atoms with E-state index in [4.69, 9.17) is 9.73 Å². The predicted molar refractivity (Wildman–Crippen MR) is 119 cm³/mol. The van der Waals surface area contributed by atoms with Crippen LogP contribution in [0.3, 0.4) is 0 Å². The molecule has 0 aromatic heterocycles. The Bertz CT molecular complexity index is 1090. The first-order chi connectivity index (χ1) is 14.8. The maximum atomic E-state index is 13.4. The molecule has 0 saturated heterocycles. The fourth-order valence-corrected chi connectivity index (χ4v) is 4.30. The summed E-state index contributed by atoms with van der Waals surface area (Å²) >= 11 is 0. The number of hydrogen-bond donors (Lipinski definition) is 0. The number of amides is 1. The summed E-state index contributed by atoms with van der Waals surface area (Å²) in [7, 11) is 0. The van der Waals surface area contributed by atoms with Gasteiger partial charge in [-0.2, -0.15) is 0 Å². The summed E-state index contributed by atoms with van der Waals surface area (Å²) in [5, 5.41) is 0. The van der Waals surface area contributed by atoms with E-state index in [0.29, 0.717) is 13.2 Å². The molecule has 0 spiro atoms. The Balaban J connectivity index is 1.39. The molecule has 2 aliphatic rings. The van der Waals surface area contributed by atoms with E-state index < -0.39 is 0 Å². The van der Waals surface area contributed by atoms with Gasteiger partial charge in [0.25, 0.3) is 0 Å². The van der Waals surface area contributed by atoms with Gasteiger partial charge in [-0.3, -0.25) is 9.79 Å². The number of carbonyl (C=O) groups is 1. The number of anilines is 1. The van der Waals surface area contributed by atoms with Crippen molar-refractivity contribution in [3.8, 4) is 5.75 Å². The molecule has 1 saturated carbocycles. The minimum absolute atomic E-state index is 0.0880. The van der Waals surface area contributed by atoms with Crippen LogP contribution in [-0.4, -0.2) is 11.6 Å². The van der Waals surface area contributed by atoms with E-state index in [2.05, 4.69) is 12.1 Å². The summed E-state index contributed by atoms with van der Waals surface area (Å²) in [5.41, 5.74) is 4.99. The van der Waals surface area contributed by atoms with Crippen LogP contribution >= 0.6 is 0 Å². The van der Waals surface area contributed by atoms with Crippen molar-refractivity contribution < 1.29 is 9.53 Å². The van der Waals surface area contributed by atoms with Crippen LogP contribution < -0.4 is 9.64 Å². The van der Waals surface area contributed by atoms with Crippen LogP contribution in [0.25, 0.3) is 0 Å². The SMILES string of the molecule is O=C1C2CCCC2=Nc2ccccc2N1Cc1cccc(OCc2ccccc2)c1. The van der Waals surface area contributed by atoms with Crippen LogP contribution in [0.4, 0.5) is 11.4 Å². The lowest BCUT2D eigenvalue weighted by Crippen LogP contribution is -2.36. The van der Waals surface area contributed by atoms with Crippen molar-refractivity contribution in [2.45, 2.75) is 32.4 Å². The van der Waals surface area contributed by atoms with Gasteiger partial charge < -0.3 is 9.64 Å². The minimum Gasteiger partial charge on any atom is -0.489 e. The van der Waals surface area contributed by atoms with Crippen molar-refractivity contribution in [1.29, 1.82) is 0 Å². The van der Waals surface area contributed by atoms with Crippen molar-refractivity contribution in [2.75, 3.05) is 4.90 Å². The number of carbonyl (C=O) groups excluding carboxylic acids is 1. The lowest BCUT2D eigenvalue weighted by Gasteiger charge is -2.25. The lowest BCUT2D eigenvalue weighted by atomic mass is 10.0. The van der Waals surface area contributed by atoms with Crippen molar-refractivity contribution in [3.05, 3.63) is 90.0 Å². The van der Waals surface area contributed by atoms with Gasteiger partial charge in [-0.15, -0.1) is 0 Å². The molecule has 1 unspecified atom stereocenters. The second-order valence-electron chi connectivity index (χ2n) is 7.88. The number of benzene rings is 3. The molecule has 4 nitrogen and oxygen atoms in total. The second kappa shape index (κ2) is 8.15. The van der Waals surface area contributed by atoms with Crippen LogP contribution in [0.2, 0.25) is 0 Å². The predicted octanol–water partition coefficient (Wildman–Crippen LogP) is 5.69. The molecule has 1 atom stereocenters. The topological polar surface area (TPSA) is 41.9 Å². The Kier molecular flexibility index (Phi) is 5.06. The maximum Gasteiger partial charge on any atom is 0.236 e. The standard InChI is InChI=1S/C26H24N2O2/c29-26-22-12-7-14-23(22)27-24-13-4-5-15-25(24)28(26)17-20-10-6-11-21(16-20)30-18-19-8-2-1-3-9-19/h1-6,8-11,13,15-16,22H,7,12,14,17-18H2. The number of rotatable bonds is 5. The fraction of sp³-hybridized carbons (Fsp3) is 0.231. The zero-order chi connectivity index (χ0) is 20.3. The van der Waals surface area contributed by atoms with Crippen LogP contribution in [0.1, 0.15) is 30.4 Å². The van der Waals surface area contributed by atoms with Crippen LogP contribution in [-0.2, 0) is 17.9 Å². The van der Waals surface area contributed by atoms with Crippen LogP contribution in [0.5, 0.6) is 5.75 Å². The van der Waals surface area contributed by atoms with Gasteiger partial charge in [-0.1, -0.05) is 54.6 Å². The Morgan fingerprint density at radius 2 is 1.73 bits per heavy atom. The Morgan fingerprint density at radius 1 is 0.933 bits per heavy atom. The summed E-state index contributed by atoms with van der Waals surface area (Å²) in [6, 6.07) is 26.1. The second-order valence-corrected chi connectivity index (χ2v) is 7.88. The quantitative estimate of drug-likeness (QED) is 0.556. The molecule has 5 rings (SSSR count). The first-order valence-electron chi connectivity index (χ1n) is 10.5. The normalized spacial score (nSPS) is 17.7. The van der Waals surface area contributed by atoms with Gasteiger partial charge in [-0.25, -0.2) is 0 Å². The zero-order valence-electron chi connectivity index (χ0n) is 16.8. The number of aliphatic imine (C=N–C) groups is 1. The van der Waals surface area contributed by atoms with Crippen LogP contribution in [0.15, 0.2) is 83.9 Å². The number of fused-ring (bicyclic) bond motifs is 2. The van der Waals surface area contributed by atoms with E-state index in [1.54, 1.807) is 0 Å². The average Bonchev–Trinajstić information content (AvgIpc) is 3.21. The molecule has 1 aliphatic carbocycles. The van der Waals surface area contributed by atoms with E-state index in [-0.39, 0.29) is 11.8 Å². The molecule has 1 heterocycles. The van der Waals surface area contributed by atoms with Crippen molar-refractivity contribution in [3.63, 3.8) is 0 Å². The highest BCUT2D eigenvalue weighted by molar-refractivity contribution is 6.14. The molecular formula is C26H24N2O2. The van der Waals surface area contributed by atoms with Gasteiger partial charge in [0, 0.05) is 5.71 Å². The van der Waals surface area contributed by atoms with Gasteiger partial charge in [0.1, 0.15) is 12.4 Å². The third-order valence-electron chi connectivity index (χ3n) is 5.82. The number of ether oxygens (including phenoxy) is 1. The highest BCUT2D eigenvalue weighted by Gasteiger charge is 2.36. The molecule has 0 N–H and O–H groups in total. The highest BCUT2D eigenvalue weighted by Crippen LogP contribution is 2.38. The molecule has 30 heavy (non-hydrogen) atoms. The minimum atomic E-state index is -0.0880. The van der Waals surface area contributed by atoms with Crippen molar-refractivity contribution in [2.24, 2.45) is 10.9 Å². The van der Waals surface area contributed by atoms with Crippen LogP contribution in [0, 0.1) is 5.92 Å². The molecule has 3 aromatic rings. The number of nitrogens with zero attached hydrogens (tertiary/aromatic N) is 2. The average molecular weight is 396 g/mol. The molecule has 1 fully saturated rings. The van der Waals surface area contributed by atoms with Crippen molar-refractivity contribution in [1.82, 2.24) is 0 Å². The Morgan fingerprint density at radius 3 is 2.63 bits per heavy atom. The smallest absolute Gasteiger partial charge is 0.236 e. The molecular weight excluding hydrogens is 372 g/mol. The van der Waals surface area contributed by atoms with E-state index >= 15 is 0 Å². The molecule has 0 radical (unpaired) electrons. The van der Waals surface area contributed by atoms with E-state index in [9.17, 15) is 4.79 Å². The van der Waals surface area contributed by atoms with E-state index in [1.165, 1.54) is 0 Å². The van der Waals surface area contributed by atoms with Gasteiger partial charge in [-0.05, 0) is 54.7 Å². The summed E-state index contributed by atoms with van der Waals surface area (Å²) in [6.07, 6.45) is 2.85. The number of para-hydroxylation sites is 2. The number of hydrogen-bond acceptors (Lipinski definition) is 3. The first kappa shape index (κ1) is 18.6. The monoisotopic (exact) mass is 396 g/mol. The summed E-state index contributed by atoms with van der Waals surface area (Å²) < 4.78 is 5.99.